The molecule has 0 unspecified atom stereocenters. The summed E-state index contributed by atoms with van der Waals surface area (Å²) >= 11 is 0. The van der Waals surface area contributed by atoms with Gasteiger partial charge < -0.3 is 10.4 Å². The van der Waals surface area contributed by atoms with E-state index in [1.165, 1.54) is 0 Å². The molecule has 1 amide bonds. The van der Waals surface area contributed by atoms with Crippen LogP contribution in [0.5, 0.6) is 0 Å². The summed E-state index contributed by atoms with van der Waals surface area (Å²) < 4.78 is 3.48. The van der Waals surface area contributed by atoms with Gasteiger partial charge in [-0.05, 0) is 37.7 Å². The monoisotopic (exact) mass is 345 g/mol. The van der Waals surface area contributed by atoms with Crippen LogP contribution in [0, 0.1) is 5.92 Å². The number of nitrogens with one attached hydrogen (secondary N) is 1. The Morgan fingerprint density at radius 1 is 1.44 bits per heavy atom. The molecule has 3 rings (SSSR count). The fourth-order valence-corrected chi connectivity index (χ4v) is 3.33. The molecule has 7 heteroatoms. The van der Waals surface area contributed by atoms with E-state index in [-0.39, 0.29) is 29.9 Å². The number of hydrogen-bond donors (Lipinski definition) is 2. The normalized spacial score (nSPS) is 21.2. The number of nitrogens with zero attached hydrogens (tertiary/aromatic N) is 4. The van der Waals surface area contributed by atoms with Crippen molar-refractivity contribution in [1.29, 1.82) is 0 Å². The molecule has 7 nitrogen and oxygen atoms in total. The van der Waals surface area contributed by atoms with Crippen LogP contribution in [0.25, 0.3) is 0 Å². The lowest BCUT2D eigenvalue weighted by Crippen LogP contribution is -2.41. The number of aryl methyl sites for hydroxylation is 2. The van der Waals surface area contributed by atoms with Crippen molar-refractivity contribution < 1.29 is 9.90 Å². The summed E-state index contributed by atoms with van der Waals surface area (Å²) in [6.45, 7) is 6.76. The van der Waals surface area contributed by atoms with Crippen LogP contribution < -0.4 is 5.32 Å². The van der Waals surface area contributed by atoms with Crippen LogP contribution in [0.2, 0.25) is 0 Å². The quantitative estimate of drug-likeness (QED) is 0.838. The summed E-state index contributed by atoms with van der Waals surface area (Å²) in [4.78, 5) is 12.9. The van der Waals surface area contributed by atoms with Crippen LogP contribution in [0.3, 0.4) is 0 Å². The maximum absolute atomic E-state index is 12.9. The molecule has 0 radical (unpaired) electrons. The van der Waals surface area contributed by atoms with E-state index in [1.807, 2.05) is 26.2 Å². The van der Waals surface area contributed by atoms with Crippen molar-refractivity contribution in [2.75, 3.05) is 0 Å². The van der Waals surface area contributed by atoms with Crippen LogP contribution in [-0.2, 0) is 13.6 Å². The minimum atomic E-state index is -0.269. The lowest BCUT2D eigenvalue weighted by atomic mass is 9.75. The molecule has 0 saturated heterocycles. The fourth-order valence-electron chi connectivity index (χ4n) is 3.33. The molecule has 0 spiro atoms. The largest absolute Gasteiger partial charge is 0.393 e. The van der Waals surface area contributed by atoms with Crippen molar-refractivity contribution in [2.24, 2.45) is 13.0 Å². The standard InChI is InChI=1S/C18H27N5O2/c1-5-23-16(8-15(21-23)11(2)3)18(25)20-17(12-6-14(24)7-12)13-9-19-22(4)10-13/h8-12,14,17,24H,5-7H2,1-4H3,(H,20,25)/t12?,14?,17-/m1/s1. The maximum atomic E-state index is 12.9. The number of carbonyl (C=O) groups is 1. The van der Waals surface area contributed by atoms with Gasteiger partial charge in [-0.25, -0.2) is 0 Å². The van der Waals surface area contributed by atoms with Crippen LogP contribution in [0.15, 0.2) is 18.5 Å². The van der Waals surface area contributed by atoms with Crippen molar-refractivity contribution in [3.8, 4) is 0 Å². The smallest absolute Gasteiger partial charge is 0.270 e. The SMILES string of the molecule is CCn1nc(C(C)C)cc1C(=O)N[C@@H](c1cnn(C)c1)C1CC(O)C1. The number of amides is 1. The fraction of sp³-hybridized carbons (Fsp3) is 0.611. The molecule has 136 valence electrons. The zero-order valence-corrected chi connectivity index (χ0v) is 15.3. The third kappa shape index (κ3) is 3.61. The Morgan fingerprint density at radius 2 is 2.16 bits per heavy atom. The number of carbonyl (C=O) groups excluding carboxylic acids is 1. The Balaban J connectivity index is 1.83. The second-order valence-electron chi connectivity index (χ2n) is 7.21. The van der Waals surface area contributed by atoms with E-state index in [0.717, 1.165) is 11.3 Å². The molecular weight excluding hydrogens is 318 g/mol. The summed E-state index contributed by atoms with van der Waals surface area (Å²) in [6.07, 6.45) is 4.84. The number of aromatic nitrogens is 4. The van der Waals surface area contributed by atoms with Gasteiger partial charge in [-0.1, -0.05) is 13.8 Å². The van der Waals surface area contributed by atoms with Gasteiger partial charge in [-0.2, -0.15) is 10.2 Å². The molecule has 2 aromatic rings. The lowest BCUT2D eigenvalue weighted by Gasteiger charge is -2.37. The van der Waals surface area contributed by atoms with Crippen molar-refractivity contribution in [3.63, 3.8) is 0 Å². The van der Waals surface area contributed by atoms with Gasteiger partial charge in [-0.3, -0.25) is 14.2 Å². The highest BCUT2D eigenvalue weighted by Gasteiger charge is 2.36. The summed E-state index contributed by atoms with van der Waals surface area (Å²) in [5.41, 5.74) is 2.48. The summed E-state index contributed by atoms with van der Waals surface area (Å²) in [5, 5.41) is 21.6. The van der Waals surface area contributed by atoms with Gasteiger partial charge in [0.25, 0.3) is 5.91 Å². The summed E-state index contributed by atoms with van der Waals surface area (Å²) in [5.74, 6) is 0.373. The minimum absolute atomic E-state index is 0.128. The highest BCUT2D eigenvalue weighted by molar-refractivity contribution is 5.93. The first-order valence-corrected chi connectivity index (χ1v) is 8.94. The second kappa shape index (κ2) is 7.00. The van der Waals surface area contributed by atoms with Crippen LogP contribution in [-0.4, -0.2) is 36.7 Å². The lowest BCUT2D eigenvalue weighted by molar-refractivity contribution is 0.0234. The van der Waals surface area contributed by atoms with E-state index in [1.54, 1.807) is 15.6 Å². The van der Waals surface area contributed by atoms with Gasteiger partial charge >= 0.3 is 0 Å². The van der Waals surface area contributed by atoms with Crippen molar-refractivity contribution >= 4 is 5.91 Å². The number of aliphatic hydroxyl groups excluding tert-OH is 1. The summed E-state index contributed by atoms with van der Waals surface area (Å²) in [6, 6.07) is 1.73. The molecule has 2 heterocycles. The topological polar surface area (TPSA) is 85.0 Å². The molecule has 1 aliphatic carbocycles. The highest BCUT2D eigenvalue weighted by Crippen LogP contribution is 2.38. The number of rotatable bonds is 6. The number of aliphatic hydroxyl groups is 1. The molecule has 1 aliphatic rings. The molecule has 0 aromatic carbocycles. The molecule has 2 aromatic heterocycles. The number of hydrogen-bond acceptors (Lipinski definition) is 4. The molecule has 1 saturated carbocycles. The Labute approximate surface area is 148 Å². The molecule has 0 aliphatic heterocycles. The van der Waals surface area contributed by atoms with Crippen LogP contribution in [0.1, 0.15) is 67.3 Å². The zero-order chi connectivity index (χ0) is 18.1. The predicted octanol–water partition coefficient (Wildman–Crippen LogP) is 2.00. The Kier molecular flexibility index (Phi) is 4.94. The third-order valence-electron chi connectivity index (χ3n) is 4.91. The van der Waals surface area contributed by atoms with E-state index in [9.17, 15) is 9.90 Å². The Hall–Kier alpha value is -2.15. The molecule has 25 heavy (non-hydrogen) atoms. The van der Waals surface area contributed by atoms with Crippen molar-refractivity contribution in [2.45, 2.75) is 58.2 Å². The first-order valence-electron chi connectivity index (χ1n) is 8.94. The molecule has 0 bridgehead atoms. The Bertz CT molecular complexity index is 742. The molecule has 2 N–H and O–H groups in total. The summed E-state index contributed by atoms with van der Waals surface area (Å²) in [7, 11) is 1.86. The van der Waals surface area contributed by atoms with E-state index < -0.39 is 0 Å². The minimum Gasteiger partial charge on any atom is -0.393 e. The van der Waals surface area contributed by atoms with E-state index in [0.29, 0.717) is 25.1 Å². The first-order chi connectivity index (χ1) is 11.9. The molecule has 1 fully saturated rings. The maximum Gasteiger partial charge on any atom is 0.270 e. The van der Waals surface area contributed by atoms with E-state index in [2.05, 4.69) is 29.4 Å². The van der Waals surface area contributed by atoms with Gasteiger partial charge in [0.1, 0.15) is 5.69 Å². The van der Waals surface area contributed by atoms with E-state index in [4.69, 9.17) is 0 Å². The third-order valence-corrected chi connectivity index (χ3v) is 4.91. The van der Waals surface area contributed by atoms with Gasteiger partial charge in [0.2, 0.25) is 0 Å². The van der Waals surface area contributed by atoms with Crippen molar-refractivity contribution in [1.82, 2.24) is 24.9 Å². The van der Waals surface area contributed by atoms with Gasteiger partial charge in [0.05, 0.1) is 24.0 Å². The highest BCUT2D eigenvalue weighted by atomic mass is 16.3. The molecular formula is C18H27N5O2. The van der Waals surface area contributed by atoms with Gasteiger partial charge in [0.15, 0.2) is 0 Å². The van der Waals surface area contributed by atoms with Gasteiger partial charge in [-0.15, -0.1) is 0 Å². The van der Waals surface area contributed by atoms with Crippen molar-refractivity contribution in [3.05, 3.63) is 35.4 Å². The average molecular weight is 345 g/mol. The Morgan fingerprint density at radius 3 is 2.68 bits per heavy atom. The second-order valence-corrected chi connectivity index (χ2v) is 7.21. The van der Waals surface area contributed by atoms with Crippen LogP contribution >= 0.6 is 0 Å². The zero-order valence-electron chi connectivity index (χ0n) is 15.3. The van der Waals surface area contributed by atoms with Crippen LogP contribution in [0.4, 0.5) is 0 Å². The average Bonchev–Trinajstić information content (AvgIpc) is 3.15. The predicted molar refractivity (Wildman–Crippen MR) is 94.1 cm³/mol. The van der Waals surface area contributed by atoms with E-state index >= 15 is 0 Å². The first kappa shape index (κ1) is 17.7. The van der Waals surface area contributed by atoms with Gasteiger partial charge in [0, 0.05) is 25.4 Å². The molecule has 1 atom stereocenters.